The fourth-order valence-corrected chi connectivity index (χ4v) is 9.63. The van der Waals surface area contributed by atoms with E-state index in [4.69, 9.17) is 11.6 Å². The topological polar surface area (TPSA) is 124 Å². The molecule has 2 saturated heterocycles. The van der Waals surface area contributed by atoms with Gasteiger partial charge in [0.05, 0.1) is 34.5 Å². The lowest BCUT2D eigenvalue weighted by molar-refractivity contribution is -0.138. The molecule has 4 amide bonds. The number of carbonyl (C=O) groups is 5. The van der Waals surface area contributed by atoms with Gasteiger partial charge in [0.1, 0.15) is 11.6 Å². The first-order chi connectivity index (χ1) is 27.1. The number of para-hydroxylation sites is 1. The van der Waals surface area contributed by atoms with Crippen LogP contribution in [0.1, 0.15) is 45.8 Å². The smallest absolute Gasteiger partial charge is 0.260 e. The van der Waals surface area contributed by atoms with E-state index in [9.17, 15) is 28.7 Å². The SMILES string of the molecule is O=C(c1ccccc1)c1ccc(N2C(=O)C3CC=C4C(CC5C(=O)N(Nc6ccc(F)cc6)C(=O)C5(c5ccc(Cl)cc5)C4c4ccccc4O)C3C2=O)cc1. The second kappa shape index (κ2) is 13.4. The summed E-state index contributed by atoms with van der Waals surface area (Å²) in [6, 6.07) is 33.8. The zero-order valence-electron chi connectivity index (χ0n) is 29.6. The molecule has 0 radical (unpaired) electrons. The van der Waals surface area contributed by atoms with Crippen molar-refractivity contribution in [2.24, 2.45) is 23.7 Å². The molecular formula is C45H33ClFN3O6. The van der Waals surface area contributed by atoms with Crippen LogP contribution in [0.2, 0.25) is 5.02 Å². The summed E-state index contributed by atoms with van der Waals surface area (Å²) in [7, 11) is 0. The van der Waals surface area contributed by atoms with E-state index in [-0.39, 0.29) is 30.3 Å². The number of phenols is 1. The van der Waals surface area contributed by atoms with Crippen LogP contribution in [0.3, 0.4) is 0 Å². The number of allylic oxidation sites excluding steroid dienone is 2. The van der Waals surface area contributed by atoms with Gasteiger partial charge in [0.2, 0.25) is 11.8 Å². The summed E-state index contributed by atoms with van der Waals surface area (Å²) in [5.74, 6) is -7.04. The molecule has 1 saturated carbocycles. The number of ketones is 1. The van der Waals surface area contributed by atoms with Gasteiger partial charge in [0.25, 0.3) is 11.8 Å². The Kier molecular flexibility index (Phi) is 8.46. The zero-order valence-corrected chi connectivity index (χ0v) is 30.4. The molecule has 2 aliphatic carbocycles. The van der Waals surface area contributed by atoms with Crippen LogP contribution in [0.5, 0.6) is 5.75 Å². The molecule has 9 nitrogen and oxygen atoms in total. The maximum atomic E-state index is 15.2. The highest BCUT2D eigenvalue weighted by atomic mass is 35.5. The third kappa shape index (κ3) is 5.31. The predicted molar refractivity (Wildman–Crippen MR) is 206 cm³/mol. The van der Waals surface area contributed by atoms with Crippen LogP contribution in [0.4, 0.5) is 15.8 Å². The molecule has 2 aliphatic heterocycles. The van der Waals surface area contributed by atoms with Crippen molar-refractivity contribution in [2.45, 2.75) is 24.2 Å². The lowest BCUT2D eigenvalue weighted by Gasteiger charge is -2.50. The van der Waals surface area contributed by atoms with Gasteiger partial charge in [0.15, 0.2) is 5.78 Å². The second-order valence-electron chi connectivity index (χ2n) is 14.7. The van der Waals surface area contributed by atoms with Crippen LogP contribution >= 0.6 is 11.6 Å². The van der Waals surface area contributed by atoms with Crippen molar-refractivity contribution in [3.63, 3.8) is 0 Å². The van der Waals surface area contributed by atoms with Gasteiger partial charge in [-0.2, -0.15) is 5.01 Å². The van der Waals surface area contributed by atoms with E-state index in [2.05, 4.69) is 5.43 Å². The number of hydrogen-bond acceptors (Lipinski definition) is 7. The minimum Gasteiger partial charge on any atom is -0.508 e. The number of hydrazine groups is 1. The average Bonchev–Trinajstić information content (AvgIpc) is 3.60. The van der Waals surface area contributed by atoms with Gasteiger partial charge < -0.3 is 5.11 Å². The number of carbonyl (C=O) groups excluding carboxylic acids is 5. The van der Waals surface area contributed by atoms with E-state index in [0.29, 0.717) is 44.2 Å². The van der Waals surface area contributed by atoms with Gasteiger partial charge in [-0.15, -0.1) is 0 Å². The molecule has 6 unspecified atom stereocenters. The molecular weight excluding hydrogens is 733 g/mol. The van der Waals surface area contributed by atoms with E-state index in [1.807, 2.05) is 12.1 Å². The maximum absolute atomic E-state index is 15.2. The van der Waals surface area contributed by atoms with Crippen molar-refractivity contribution in [1.82, 2.24) is 5.01 Å². The van der Waals surface area contributed by atoms with Crippen molar-refractivity contribution in [2.75, 3.05) is 10.3 Å². The molecule has 4 aliphatic rings. The van der Waals surface area contributed by atoms with Gasteiger partial charge in [-0.25, -0.2) is 4.39 Å². The summed E-state index contributed by atoms with van der Waals surface area (Å²) < 4.78 is 13.9. The summed E-state index contributed by atoms with van der Waals surface area (Å²) in [6.45, 7) is 0. The number of anilines is 2. The van der Waals surface area contributed by atoms with Crippen molar-refractivity contribution >= 4 is 52.4 Å². The summed E-state index contributed by atoms with van der Waals surface area (Å²) in [5, 5.41) is 12.9. The first-order valence-electron chi connectivity index (χ1n) is 18.3. The number of amides is 4. The van der Waals surface area contributed by atoms with Crippen molar-refractivity contribution in [1.29, 1.82) is 0 Å². The molecule has 2 heterocycles. The largest absolute Gasteiger partial charge is 0.508 e. The first kappa shape index (κ1) is 35.3. The first-order valence-corrected chi connectivity index (χ1v) is 18.7. The Balaban J connectivity index is 1.15. The van der Waals surface area contributed by atoms with Crippen LogP contribution in [0.15, 0.2) is 139 Å². The standard InChI is InChI=1S/C45H33ClFN3O6/c46-28-14-12-27(13-15-28)45-36(42(54)50(44(45)56)48-30-18-16-29(47)17-19-30)24-35-32(39(45)33-8-4-5-9-37(33)51)22-23-34-38(35)43(55)49(41(34)53)31-20-10-26(11-21-31)40(52)25-6-2-1-3-7-25/h1-22,34-36,38-39,48,51H,23-24H2. The van der Waals surface area contributed by atoms with Gasteiger partial charge in [0, 0.05) is 27.6 Å². The van der Waals surface area contributed by atoms with Crippen LogP contribution < -0.4 is 10.3 Å². The average molecular weight is 766 g/mol. The fourth-order valence-electron chi connectivity index (χ4n) is 9.50. The van der Waals surface area contributed by atoms with Gasteiger partial charge in [-0.3, -0.25) is 34.3 Å². The molecule has 3 fully saturated rings. The van der Waals surface area contributed by atoms with Crippen molar-refractivity contribution < 1.29 is 33.5 Å². The molecule has 9 rings (SSSR count). The zero-order chi connectivity index (χ0) is 38.9. The summed E-state index contributed by atoms with van der Waals surface area (Å²) >= 11 is 6.35. The molecule has 5 aromatic carbocycles. The van der Waals surface area contributed by atoms with Gasteiger partial charge >= 0.3 is 0 Å². The fraction of sp³-hybridized carbons (Fsp3) is 0.178. The lowest BCUT2D eigenvalue weighted by Crippen LogP contribution is -2.53. The monoisotopic (exact) mass is 765 g/mol. The van der Waals surface area contributed by atoms with Crippen LogP contribution in [-0.2, 0) is 24.6 Å². The maximum Gasteiger partial charge on any atom is 0.260 e. The Labute approximate surface area is 326 Å². The number of imide groups is 2. The number of nitrogens with one attached hydrogen (secondary N) is 1. The van der Waals surface area contributed by atoms with Gasteiger partial charge in [-0.1, -0.05) is 83.9 Å². The number of halogens is 2. The molecule has 278 valence electrons. The highest BCUT2D eigenvalue weighted by molar-refractivity contribution is 6.30. The summed E-state index contributed by atoms with van der Waals surface area (Å²) in [4.78, 5) is 73.1. The van der Waals surface area contributed by atoms with Crippen LogP contribution in [0, 0.1) is 29.5 Å². The van der Waals surface area contributed by atoms with E-state index in [0.717, 1.165) is 5.01 Å². The van der Waals surface area contributed by atoms with Crippen molar-refractivity contribution in [3.05, 3.63) is 172 Å². The Bertz CT molecular complexity index is 2470. The Morgan fingerprint density at radius 2 is 1.41 bits per heavy atom. The molecule has 6 atom stereocenters. The van der Waals surface area contributed by atoms with Crippen LogP contribution in [0.25, 0.3) is 0 Å². The Morgan fingerprint density at radius 3 is 2.11 bits per heavy atom. The minimum absolute atomic E-state index is 0.0449. The quantitative estimate of drug-likeness (QED) is 0.0994. The number of rotatable bonds is 7. The molecule has 5 aromatic rings. The van der Waals surface area contributed by atoms with E-state index in [1.54, 1.807) is 91.0 Å². The third-order valence-corrected chi connectivity index (χ3v) is 12.2. The number of hydrogen-bond donors (Lipinski definition) is 2. The second-order valence-corrected chi connectivity index (χ2v) is 15.1. The molecule has 0 aromatic heterocycles. The molecule has 56 heavy (non-hydrogen) atoms. The number of aromatic hydroxyl groups is 1. The summed E-state index contributed by atoms with van der Waals surface area (Å²) in [6.07, 6.45) is 2.14. The van der Waals surface area contributed by atoms with E-state index in [1.165, 1.54) is 35.2 Å². The van der Waals surface area contributed by atoms with Crippen LogP contribution in [-0.4, -0.2) is 39.5 Å². The third-order valence-electron chi connectivity index (χ3n) is 11.9. The predicted octanol–water partition coefficient (Wildman–Crippen LogP) is 7.61. The Morgan fingerprint density at radius 1 is 0.750 bits per heavy atom. The molecule has 0 spiro atoms. The summed E-state index contributed by atoms with van der Waals surface area (Å²) in [5.41, 5.74) is 4.40. The molecule has 11 heteroatoms. The van der Waals surface area contributed by atoms with Crippen molar-refractivity contribution in [3.8, 4) is 5.75 Å². The number of phenolic OH excluding ortho intramolecular Hbond substituents is 1. The lowest BCUT2D eigenvalue weighted by atomic mass is 9.49. The highest BCUT2D eigenvalue weighted by Crippen LogP contribution is 2.65. The van der Waals surface area contributed by atoms with E-state index >= 15 is 4.79 Å². The van der Waals surface area contributed by atoms with E-state index < -0.39 is 58.5 Å². The number of nitrogens with zero attached hydrogens (tertiary/aromatic N) is 2. The highest BCUT2D eigenvalue weighted by Gasteiger charge is 2.70. The minimum atomic E-state index is -1.62. The number of fused-ring (bicyclic) bond motifs is 4. The molecule has 0 bridgehead atoms. The van der Waals surface area contributed by atoms with Gasteiger partial charge in [-0.05, 0) is 91.1 Å². The normalized spacial score (nSPS) is 25.4. The Hall–Kier alpha value is -6.39. The number of benzene rings is 5. The molecule has 2 N–H and O–H groups in total.